The van der Waals surface area contributed by atoms with Crippen LogP contribution in [-0.4, -0.2) is 54.2 Å². The van der Waals surface area contributed by atoms with Gasteiger partial charge in [0.15, 0.2) is 5.69 Å². The number of nitrogens with zero attached hydrogens (tertiary/aromatic N) is 4. The van der Waals surface area contributed by atoms with E-state index in [1.54, 1.807) is 24.2 Å². The number of halogens is 4. The van der Waals surface area contributed by atoms with Gasteiger partial charge in [-0.25, -0.2) is 0 Å². The zero-order chi connectivity index (χ0) is 30.2. The maximum Gasteiger partial charge on any atom is 0.433 e. The van der Waals surface area contributed by atoms with Crippen molar-refractivity contribution in [3.63, 3.8) is 0 Å². The number of aromatic amines is 1. The fourth-order valence-electron chi connectivity index (χ4n) is 7.66. The lowest BCUT2D eigenvalue weighted by molar-refractivity contribution is -0.152. The van der Waals surface area contributed by atoms with Crippen molar-refractivity contribution in [1.82, 2.24) is 24.6 Å². The Hall–Kier alpha value is -3.08. The summed E-state index contributed by atoms with van der Waals surface area (Å²) in [6.07, 6.45) is 4.14. The van der Waals surface area contributed by atoms with Crippen molar-refractivity contribution in [2.24, 2.45) is 22.7 Å². The predicted molar refractivity (Wildman–Crippen MR) is 150 cm³/mol. The predicted octanol–water partition coefficient (Wildman–Crippen LogP) is 6.76. The van der Waals surface area contributed by atoms with Gasteiger partial charge in [-0.05, 0) is 74.7 Å². The highest BCUT2D eigenvalue weighted by Gasteiger charge is 2.63. The number of fused-ring (bicyclic) bond motifs is 2. The molecular formula is C30H35ClF3N5O3. The van der Waals surface area contributed by atoms with Gasteiger partial charge in [-0.2, -0.15) is 18.3 Å². The van der Waals surface area contributed by atoms with Crippen LogP contribution in [0.3, 0.4) is 0 Å². The van der Waals surface area contributed by atoms with Gasteiger partial charge in [-0.1, -0.05) is 25.4 Å². The lowest BCUT2D eigenvalue weighted by Crippen LogP contribution is -2.42. The molecule has 3 saturated carbocycles. The molecule has 12 heteroatoms. The lowest BCUT2D eigenvalue weighted by atomic mass is 9.74. The quantitative estimate of drug-likeness (QED) is 0.310. The van der Waals surface area contributed by atoms with Crippen LogP contribution in [0.5, 0.6) is 0 Å². The van der Waals surface area contributed by atoms with E-state index in [1.165, 1.54) is 0 Å². The van der Waals surface area contributed by atoms with E-state index >= 15 is 0 Å². The van der Waals surface area contributed by atoms with Crippen LogP contribution in [0.15, 0.2) is 24.8 Å². The van der Waals surface area contributed by atoms with E-state index in [4.69, 9.17) is 11.6 Å². The molecule has 0 bridgehead atoms. The van der Waals surface area contributed by atoms with Gasteiger partial charge < -0.3 is 15.0 Å². The average Bonchev–Trinajstić information content (AvgIpc) is 3.48. The Morgan fingerprint density at radius 3 is 2.43 bits per heavy atom. The Kier molecular flexibility index (Phi) is 6.90. The second kappa shape index (κ2) is 9.99. The van der Waals surface area contributed by atoms with E-state index in [0.29, 0.717) is 23.3 Å². The normalized spacial score (nSPS) is 28.5. The van der Waals surface area contributed by atoms with Gasteiger partial charge in [0.2, 0.25) is 0 Å². The highest BCUT2D eigenvalue weighted by atomic mass is 35.5. The number of aromatic nitrogens is 4. The summed E-state index contributed by atoms with van der Waals surface area (Å²) in [5.74, 6) is -0.727. The molecule has 0 unspecified atom stereocenters. The molecule has 0 radical (unpaired) electrons. The molecule has 3 aromatic heterocycles. The van der Waals surface area contributed by atoms with Crippen molar-refractivity contribution in [3.05, 3.63) is 46.6 Å². The smallest absolute Gasteiger partial charge is 0.433 e. The summed E-state index contributed by atoms with van der Waals surface area (Å²) in [7, 11) is 0. The number of H-pyrrole nitrogens is 1. The Bertz CT molecular complexity index is 1520. The van der Waals surface area contributed by atoms with Crippen LogP contribution in [-0.2, 0) is 17.4 Å². The molecule has 3 aromatic rings. The molecule has 0 saturated heterocycles. The van der Waals surface area contributed by atoms with E-state index < -0.39 is 40.8 Å². The number of amides is 1. The topological polar surface area (TPSA) is 104 Å². The zero-order valence-electron chi connectivity index (χ0n) is 23.8. The van der Waals surface area contributed by atoms with Crippen molar-refractivity contribution in [3.8, 4) is 0 Å². The van der Waals surface area contributed by atoms with Crippen LogP contribution in [0.4, 0.5) is 13.2 Å². The summed E-state index contributed by atoms with van der Waals surface area (Å²) >= 11 is 6.41. The second-order valence-corrected chi connectivity index (χ2v) is 13.6. The van der Waals surface area contributed by atoms with Crippen LogP contribution in [0.25, 0.3) is 10.9 Å². The number of carboxylic acids is 1. The molecule has 3 aliphatic carbocycles. The van der Waals surface area contributed by atoms with Crippen molar-refractivity contribution in [2.75, 3.05) is 6.54 Å². The van der Waals surface area contributed by atoms with E-state index in [-0.39, 0.29) is 43.7 Å². The first-order chi connectivity index (χ1) is 19.7. The highest BCUT2D eigenvalue weighted by molar-refractivity contribution is 6.35. The SMILES string of the molecule is CC1(C(=O)O)CCC(n2ncc(C(=O)N(CCc3c[nH]c4cncc(Cl)c34)[C@H]3C[C@@H]4[C@H](C3)C4(C)C)c2C(F)(F)F)CC1. The number of carbonyl (C=O) groups excluding carboxylic acids is 1. The number of rotatable bonds is 7. The van der Waals surface area contributed by atoms with Crippen LogP contribution in [0, 0.1) is 22.7 Å². The van der Waals surface area contributed by atoms with E-state index in [2.05, 4.69) is 28.9 Å². The minimum absolute atomic E-state index is 0.168. The Labute approximate surface area is 246 Å². The fraction of sp³-hybridized carbons (Fsp3) is 0.600. The number of pyridine rings is 1. The van der Waals surface area contributed by atoms with E-state index in [1.807, 2.05) is 6.20 Å². The van der Waals surface area contributed by atoms with Gasteiger partial charge in [0.05, 0.1) is 40.0 Å². The number of aliphatic carboxylic acids is 1. The van der Waals surface area contributed by atoms with Crippen molar-refractivity contribution in [1.29, 1.82) is 0 Å². The molecule has 1 amide bonds. The van der Waals surface area contributed by atoms with Gasteiger partial charge in [-0.3, -0.25) is 19.3 Å². The second-order valence-electron chi connectivity index (χ2n) is 13.2. The number of nitrogens with one attached hydrogen (secondary N) is 1. The third kappa shape index (κ3) is 4.77. The summed E-state index contributed by atoms with van der Waals surface area (Å²) in [4.78, 5) is 34.6. The molecule has 3 fully saturated rings. The first-order valence-corrected chi connectivity index (χ1v) is 14.9. The zero-order valence-corrected chi connectivity index (χ0v) is 24.6. The largest absolute Gasteiger partial charge is 0.481 e. The van der Waals surface area contributed by atoms with Crippen LogP contribution in [0.1, 0.15) is 87.0 Å². The van der Waals surface area contributed by atoms with Gasteiger partial charge in [-0.15, -0.1) is 0 Å². The maximum atomic E-state index is 14.6. The monoisotopic (exact) mass is 605 g/mol. The summed E-state index contributed by atoms with van der Waals surface area (Å²) in [5.41, 5.74) is -0.659. The first kappa shape index (κ1) is 29.0. The molecule has 3 atom stereocenters. The molecule has 3 aliphatic rings. The van der Waals surface area contributed by atoms with Gasteiger partial charge in [0.1, 0.15) is 0 Å². The number of carboxylic acid groups (broad SMARTS) is 1. The van der Waals surface area contributed by atoms with Crippen LogP contribution in [0.2, 0.25) is 5.02 Å². The Morgan fingerprint density at radius 1 is 1.14 bits per heavy atom. The number of hydrogen-bond donors (Lipinski definition) is 2. The third-order valence-electron chi connectivity index (χ3n) is 10.5. The van der Waals surface area contributed by atoms with E-state index in [0.717, 1.165) is 40.2 Å². The molecule has 0 spiro atoms. The summed E-state index contributed by atoms with van der Waals surface area (Å²) in [6, 6.07) is -0.802. The number of carbonyl (C=O) groups is 2. The minimum atomic E-state index is -4.81. The molecule has 226 valence electrons. The molecular weight excluding hydrogens is 571 g/mol. The maximum absolute atomic E-state index is 14.6. The minimum Gasteiger partial charge on any atom is -0.481 e. The number of hydrogen-bond acceptors (Lipinski definition) is 4. The van der Waals surface area contributed by atoms with E-state index in [9.17, 15) is 27.9 Å². The Balaban J connectivity index is 1.30. The van der Waals surface area contributed by atoms with Crippen molar-refractivity contribution < 1.29 is 27.9 Å². The fourth-order valence-corrected chi connectivity index (χ4v) is 7.94. The molecule has 6 rings (SSSR count). The van der Waals surface area contributed by atoms with Crippen molar-refractivity contribution in [2.45, 2.75) is 84.0 Å². The summed E-state index contributed by atoms with van der Waals surface area (Å²) in [6.45, 7) is 6.27. The molecule has 0 aromatic carbocycles. The first-order valence-electron chi connectivity index (χ1n) is 14.5. The summed E-state index contributed by atoms with van der Waals surface area (Å²) < 4.78 is 44.8. The summed E-state index contributed by atoms with van der Waals surface area (Å²) in [5, 5.41) is 14.9. The third-order valence-corrected chi connectivity index (χ3v) is 10.8. The molecule has 2 N–H and O–H groups in total. The van der Waals surface area contributed by atoms with Crippen LogP contribution < -0.4 is 0 Å². The molecule has 8 nitrogen and oxygen atoms in total. The van der Waals surface area contributed by atoms with Gasteiger partial charge >= 0.3 is 12.1 Å². The van der Waals surface area contributed by atoms with Crippen molar-refractivity contribution >= 4 is 34.4 Å². The highest BCUT2D eigenvalue weighted by Crippen LogP contribution is 2.67. The van der Waals surface area contributed by atoms with Crippen LogP contribution >= 0.6 is 11.6 Å². The van der Waals surface area contributed by atoms with Gasteiger partial charge in [0.25, 0.3) is 5.91 Å². The molecule has 0 aliphatic heterocycles. The molecule has 42 heavy (non-hydrogen) atoms. The molecule has 3 heterocycles. The number of alkyl halides is 3. The van der Waals surface area contributed by atoms with Gasteiger partial charge in [0, 0.05) is 30.4 Å². The lowest BCUT2D eigenvalue weighted by Gasteiger charge is -2.35. The average molecular weight is 606 g/mol. The standard InChI is InChI=1S/C30H35ClF3N5O3/c1-28(2)20-10-18(11-21(20)28)38(9-6-16-12-36-23-15-35-14-22(31)24(16)23)26(40)19-13-37-39(25(19)30(32,33)34)17-4-7-29(3,8-5-17)27(41)42/h12-15,17-18,20-21,36H,4-11H2,1-3H3,(H,41,42)/t17?,18-,20+,21-,29?. The Morgan fingerprint density at radius 2 is 1.81 bits per heavy atom.